The molecule has 3 heterocycles. The van der Waals surface area contributed by atoms with Crippen LogP contribution in [0.15, 0.2) is 47.1 Å². The summed E-state index contributed by atoms with van der Waals surface area (Å²) in [6, 6.07) is 11.0. The Morgan fingerprint density at radius 1 is 1.12 bits per heavy atom. The topological polar surface area (TPSA) is 86.5 Å². The molecule has 7 nitrogen and oxygen atoms in total. The largest absolute Gasteiger partial charge is 0.486 e. The number of nitrogens with zero attached hydrogens (tertiary/aromatic N) is 2. The second kappa shape index (κ2) is 6.87. The highest BCUT2D eigenvalue weighted by Gasteiger charge is 2.16. The van der Waals surface area contributed by atoms with Gasteiger partial charge in [-0.05, 0) is 42.8 Å². The van der Waals surface area contributed by atoms with Crippen molar-refractivity contribution in [2.75, 3.05) is 18.5 Å². The minimum Gasteiger partial charge on any atom is -0.486 e. The zero-order chi connectivity index (χ0) is 17.9. The van der Waals surface area contributed by atoms with Gasteiger partial charge in [0, 0.05) is 17.8 Å². The Kier molecular flexibility index (Phi) is 4.27. The van der Waals surface area contributed by atoms with Gasteiger partial charge in [0.2, 0.25) is 5.91 Å². The van der Waals surface area contributed by atoms with Gasteiger partial charge in [0.05, 0.1) is 12.1 Å². The number of pyridine rings is 1. The van der Waals surface area contributed by atoms with E-state index in [1.54, 1.807) is 18.3 Å². The van der Waals surface area contributed by atoms with Crippen LogP contribution in [-0.4, -0.2) is 29.3 Å². The molecule has 0 saturated carbocycles. The second-order valence-corrected chi connectivity index (χ2v) is 5.98. The molecule has 0 bridgehead atoms. The molecule has 0 saturated heterocycles. The molecule has 0 radical (unpaired) electrons. The van der Waals surface area contributed by atoms with E-state index in [4.69, 9.17) is 14.0 Å². The number of rotatable bonds is 4. The zero-order valence-corrected chi connectivity index (χ0v) is 14.2. The van der Waals surface area contributed by atoms with E-state index in [1.807, 2.05) is 31.2 Å². The molecule has 26 heavy (non-hydrogen) atoms. The molecular weight excluding hydrogens is 334 g/mol. The molecule has 0 aliphatic carbocycles. The molecule has 1 aliphatic rings. The third kappa shape index (κ3) is 3.51. The predicted molar refractivity (Wildman–Crippen MR) is 94.2 cm³/mol. The lowest BCUT2D eigenvalue weighted by Crippen LogP contribution is -2.15. The third-order valence-electron chi connectivity index (χ3n) is 3.91. The first-order valence-corrected chi connectivity index (χ1v) is 8.25. The minimum atomic E-state index is -0.204. The Morgan fingerprint density at radius 2 is 1.96 bits per heavy atom. The number of hydrogen-bond donors (Lipinski definition) is 1. The van der Waals surface area contributed by atoms with Crippen LogP contribution in [0.5, 0.6) is 11.5 Å². The molecule has 7 heteroatoms. The van der Waals surface area contributed by atoms with Crippen molar-refractivity contribution in [1.82, 2.24) is 10.1 Å². The maximum atomic E-state index is 12.2. The zero-order valence-electron chi connectivity index (χ0n) is 14.2. The summed E-state index contributed by atoms with van der Waals surface area (Å²) in [6.45, 7) is 3.00. The first-order valence-electron chi connectivity index (χ1n) is 8.25. The Labute approximate surface area is 149 Å². The van der Waals surface area contributed by atoms with Gasteiger partial charge in [-0.15, -0.1) is 0 Å². The Morgan fingerprint density at radius 3 is 2.81 bits per heavy atom. The smallest absolute Gasteiger partial charge is 0.231 e. The maximum absolute atomic E-state index is 12.2. The number of hydrogen-bond acceptors (Lipinski definition) is 6. The molecule has 1 aromatic carbocycles. The Hall–Kier alpha value is -3.35. The summed E-state index contributed by atoms with van der Waals surface area (Å²) >= 11 is 0. The molecule has 0 spiro atoms. The number of carbonyl (C=O) groups is 1. The number of ether oxygens (including phenoxy) is 2. The second-order valence-electron chi connectivity index (χ2n) is 5.98. The van der Waals surface area contributed by atoms with E-state index in [2.05, 4.69) is 15.5 Å². The highest BCUT2D eigenvalue weighted by atomic mass is 16.6. The third-order valence-corrected chi connectivity index (χ3v) is 3.91. The lowest BCUT2D eigenvalue weighted by atomic mass is 10.1. The number of nitrogens with one attached hydrogen (secondary N) is 1. The average molecular weight is 351 g/mol. The van der Waals surface area contributed by atoms with E-state index in [1.165, 1.54) is 0 Å². The first kappa shape index (κ1) is 16.1. The van der Waals surface area contributed by atoms with Crippen molar-refractivity contribution in [2.24, 2.45) is 0 Å². The molecule has 0 unspecified atom stereocenters. The molecule has 4 rings (SSSR count). The van der Waals surface area contributed by atoms with Crippen LogP contribution in [-0.2, 0) is 11.2 Å². The van der Waals surface area contributed by atoms with E-state index in [9.17, 15) is 4.79 Å². The predicted octanol–water partition coefficient (Wildman–Crippen LogP) is 3.00. The van der Waals surface area contributed by atoms with Crippen LogP contribution >= 0.6 is 0 Å². The van der Waals surface area contributed by atoms with Crippen molar-refractivity contribution >= 4 is 11.7 Å². The Balaban J connectivity index is 1.45. The molecule has 132 valence electrons. The summed E-state index contributed by atoms with van der Waals surface area (Å²) in [5, 5.41) is 6.73. The van der Waals surface area contributed by atoms with E-state index in [0.29, 0.717) is 42.0 Å². The van der Waals surface area contributed by atoms with E-state index >= 15 is 0 Å². The van der Waals surface area contributed by atoms with Crippen LogP contribution in [0, 0.1) is 6.92 Å². The van der Waals surface area contributed by atoms with Crippen LogP contribution in [0.3, 0.4) is 0 Å². The van der Waals surface area contributed by atoms with E-state index in [0.717, 1.165) is 11.1 Å². The van der Waals surface area contributed by atoms with Gasteiger partial charge in [-0.25, -0.2) is 4.98 Å². The fraction of sp³-hybridized carbons (Fsp3) is 0.211. The molecule has 0 fully saturated rings. The van der Waals surface area contributed by atoms with Gasteiger partial charge in [-0.2, -0.15) is 0 Å². The SMILES string of the molecule is Cc1ccnc(NC(=O)Cc2cc(-c3ccc4c(c3)OCCO4)on2)c1. The summed E-state index contributed by atoms with van der Waals surface area (Å²) < 4.78 is 16.5. The van der Waals surface area contributed by atoms with Crippen molar-refractivity contribution in [2.45, 2.75) is 13.3 Å². The van der Waals surface area contributed by atoms with Gasteiger partial charge in [-0.3, -0.25) is 4.79 Å². The fourth-order valence-electron chi connectivity index (χ4n) is 2.68. The van der Waals surface area contributed by atoms with Crippen LogP contribution in [0.1, 0.15) is 11.3 Å². The number of benzene rings is 1. The van der Waals surface area contributed by atoms with Gasteiger partial charge in [0.25, 0.3) is 0 Å². The highest BCUT2D eigenvalue weighted by Crippen LogP contribution is 2.34. The lowest BCUT2D eigenvalue weighted by Gasteiger charge is -2.18. The summed E-state index contributed by atoms with van der Waals surface area (Å²) in [5.74, 6) is 2.27. The number of fused-ring (bicyclic) bond motifs is 1. The van der Waals surface area contributed by atoms with Crippen LogP contribution in [0.2, 0.25) is 0 Å². The van der Waals surface area contributed by atoms with Crippen molar-refractivity contribution in [3.63, 3.8) is 0 Å². The number of carbonyl (C=O) groups excluding carboxylic acids is 1. The van der Waals surface area contributed by atoms with Crippen molar-refractivity contribution < 1.29 is 18.8 Å². The summed E-state index contributed by atoms with van der Waals surface area (Å²) in [5.41, 5.74) is 2.38. The quantitative estimate of drug-likeness (QED) is 0.778. The van der Waals surface area contributed by atoms with Crippen LogP contribution in [0.25, 0.3) is 11.3 Å². The lowest BCUT2D eigenvalue weighted by molar-refractivity contribution is -0.115. The highest BCUT2D eigenvalue weighted by molar-refractivity contribution is 5.91. The van der Waals surface area contributed by atoms with Crippen LogP contribution in [0.4, 0.5) is 5.82 Å². The maximum Gasteiger partial charge on any atom is 0.231 e. The number of aryl methyl sites for hydroxylation is 1. The van der Waals surface area contributed by atoms with Gasteiger partial charge < -0.3 is 19.3 Å². The van der Waals surface area contributed by atoms with Gasteiger partial charge in [0.1, 0.15) is 19.0 Å². The van der Waals surface area contributed by atoms with Crippen molar-refractivity contribution in [3.05, 3.63) is 53.9 Å². The monoisotopic (exact) mass is 351 g/mol. The molecule has 1 N–H and O–H groups in total. The molecular formula is C19H17N3O4. The average Bonchev–Trinajstić information content (AvgIpc) is 3.09. The van der Waals surface area contributed by atoms with E-state index in [-0.39, 0.29) is 12.3 Å². The number of amides is 1. The normalized spacial score (nSPS) is 12.7. The number of anilines is 1. The molecule has 0 atom stereocenters. The van der Waals surface area contributed by atoms with Crippen molar-refractivity contribution in [1.29, 1.82) is 0 Å². The minimum absolute atomic E-state index is 0.101. The van der Waals surface area contributed by atoms with Gasteiger partial charge >= 0.3 is 0 Å². The summed E-state index contributed by atoms with van der Waals surface area (Å²) in [6.07, 6.45) is 1.75. The molecule has 3 aromatic rings. The molecule has 1 amide bonds. The summed E-state index contributed by atoms with van der Waals surface area (Å²) in [4.78, 5) is 16.3. The first-order chi connectivity index (χ1) is 12.7. The van der Waals surface area contributed by atoms with Crippen LogP contribution < -0.4 is 14.8 Å². The van der Waals surface area contributed by atoms with Gasteiger partial charge in [0.15, 0.2) is 17.3 Å². The van der Waals surface area contributed by atoms with Crippen molar-refractivity contribution in [3.8, 4) is 22.8 Å². The number of aromatic nitrogens is 2. The fourth-order valence-corrected chi connectivity index (χ4v) is 2.68. The molecule has 1 aliphatic heterocycles. The summed E-state index contributed by atoms with van der Waals surface area (Å²) in [7, 11) is 0. The molecule has 2 aromatic heterocycles. The van der Waals surface area contributed by atoms with Gasteiger partial charge in [-0.1, -0.05) is 5.16 Å². The Bertz CT molecular complexity index is 951. The standard InChI is InChI=1S/C19H17N3O4/c1-12-4-5-20-18(8-12)21-19(23)11-14-10-16(26-22-14)13-2-3-15-17(9-13)25-7-6-24-15/h2-5,8-10H,6-7,11H2,1H3,(H,20,21,23). The van der Waals surface area contributed by atoms with E-state index < -0.39 is 0 Å².